The lowest BCUT2D eigenvalue weighted by molar-refractivity contribution is -0.384. The van der Waals surface area contributed by atoms with Crippen LogP contribution in [0.3, 0.4) is 0 Å². The maximum Gasteiger partial charge on any atom is 0.269 e. The quantitative estimate of drug-likeness (QED) is 0.452. The minimum Gasteiger partial charge on any atom is -0.492 e. The Hall–Kier alpha value is -2.21. The highest BCUT2D eigenvalue weighted by Crippen LogP contribution is 2.25. The third-order valence-corrected chi connectivity index (χ3v) is 3.51. The second-order valence-electron chi connectivity index (χ2n) is 4.33. The molecule has 0 aromatic heterocycles. The van der Waals surface area contributed by atoms with Gasteiger partial charge < -0.3 is 4.74 Å². The van der Waals surface area contributed by atoms with E-state index < -0.39 is 4.92 Å². The number of aldehydes is 1. The molecule has 0 unspecified atom stereocenters. The SMILES string of the molecule is O=Cc1ccc(OCCc2ccc([N+](=O)[O-])cc2)c(Br)c1. The Labute approximate surface area is 129 Å². The van der Waals surface area contributed by atoms with Crippen molar-refractivity contribution >= 4 is 27.9 Å². The van der Waals surface area contributed by atoms with Crippen molar-refractivity contribution in [3.63, 3.8) is 0 Å². The lowest BCUT2D eigenvalue weighted by Crippen LogP contribution is -2.02. The number of nitro groups is 1. The van der Waals surface area contributed by atoms with E-state index in [0.29, 0.717) is 24.3 Å². The number of benzene rings is 2. The molecular weight excluding hydrogens is 338 g/mol. The van der Waals surface area contributed by atoms with Crippen LogP contribution >= 0.6 is 15.9 Å². The summed E-state index contributed by atoms with van der Waals surface area (Å²) in [7, 11) is 0. The van der Waals surface area contributed by atoms with E-state index in [9.17, 15) is 14.9 Å². The van der Waals surface area contributed by atoms with Crippen molar-refractivity contribution in [1.29, 1.82) is 0 Å². The molecule has 21 heavy (non-hydrogen) atoms. The number of halogens is 1. The van der Waals surface area contributed by atoms with Crippen molar-refractivity contribution in [3.8, 4) is 5.75 Å². The van der Waals surface area contributed by atoms with Gasteiger partial charge in [0.2, 0.25) is 0 Å². The first-order valence-electron chi connectivity index (χ1n) is 6.21. The molecule has 0 aliphatic carbocycles. The fourth-order valence-electron chi connectivity index (χ4n) is 1.77. The highest BCUT2D eigenvalue weighted by atomic mass is 79.9. The fourth-order valence-corrected chi connectivity index (χ4v) is 2.28. The van der Waals surface area contributed by atoms with Gasteiger partial charge >= 0.3 is 0 Å². The maximum absolute atomic E-state index is 10.6. The molecule has 0 aliphatic heterocycles. The van der Waals surface area contributed by atoms with Gasteiger partial charge in [-0.25, -0.2) is 0 Å². The molecule has 0 bridgehead atoms. The van der Waals surface area contributed by atoms with Crippen LogP contribution in [0, 0.1) is 10.1 Å². The minimum absolute atomic E-state index is 0.0758. The monoisotopic (exact) mass is 349 g/mol. The molecule has 0 aliphatic rings. The average molecular weight is 350 g/mol. The molecule has 0 amide bonds. The van der Waals surface area contributed by atoms with E-state index in [1.165, 1.54) is 12.1 Å². The molecule has 2 rings (SSSR count). The first kappa shape index (κ1) is 15.2. The lowest BCUT2D eigenvalue weighted by atomic mass is 10.1. The van der Waals surface area contributed by atoms with Crippen LogP contribution in [0.1, 0.15) is 15.9 Å². The summed E-state index contributed by atoms with van der Waals surface area (Å²) in [5, 5.41) is 10.6. The van der Waals surface area contributed by atoms with Crippen LogP contribution in [0.2, 0.25) is 0 Å². The van der Waals surface area contributed by atoms with Gasteiger partial charge in [-0.15, -0.1) is 0 Å². The zero-order chi connectivity index (χ0) is 15.2. The summed E-state index contributed by atoms with van der Waals surface area (Å²) < 4.78 is 6.34. The molecule has 0 N–H and O–H groups in total. The molecule has 2 aromatic carbocycles. The summed E-state index contributed by atoms with van der Waals surface area (Å²) in [6.07, 6.45) is 1.41. The molecule has 0 spiro atoms. The third-order valence-electron chi connectivity index (χ3n) is 2.89. The summed E-state index contributed by atoms with van der Waals surface area (Å²) in [5.74, 6) is 0.655. The molecule has 0 fully saturated rings. The number of hydrogen-bond acceptors (Lipinski definition) is 4. The van der Waals surface area contributed by atoms with Crippen molar-refractivity contribution in [2.24, 2.45) is 0 Å². The summed E-state index contributed by atoms with van der Waals surface area (Å²) in [6, 6.07) is 11.5. The van der Waals surface area contributed by atoms with Gasteiger partial charge in [0.25, 0.3) is 5.69 Å². The molecule has 5 nitrogen and oxygen atoms in total. The number of nitrogens with zero attached hydrogens (tertiary/aromatic N) is 1. The van der Waals surface area contributed by atoms with Gasteiger partial charge in [-0.1, -0.05) is 12.1 Å². The highest BCUT2D eigenvalue weighted by molar-refractivity contribution is 9.10. The van der Waals surface area contributed by atoms with Gasteiger partial charge in [-0.3, -0.25) is 14.9 Å². The van der Waals surface area contributed by atoms with Crippen molar-refractivity contribution < 1.29 is 14.5 Å². The second-order valence-corrected chi connectivity index (χ2v) is 5.18. The number of rotatable bonds is 6. The topological polar surface area (TPSA) is 69.4 Å². The van der Waals surface area contributed by atoms with Crippen LogP contribution in [-0.2, 0) is 6.42 Å². The Bertz CT molecular complexity index is 655. The maximum atomic E-state index is 10.6. The molecule has 0 atom stereocenters. The number of hydrogen-bond donors (Lipinski definition) is 0. The van der Waals surface area contributed by atoms with Crippen molar-refractivity contribution in [3.05, 3.63) is 68.2 Å². The van der Waals surface area contributed by atoms with Gasteiger partial charge in [-0.05, 0) is 39.7 Å². The van der Waals surface area contributed by atoms with Crippen molar-refractivity contribution in [1.82, 2.24) is 0 Å². The van der Waals surface area contributed by atoms with E-state index in [4.69, 9.17) is 4.74 Å². The molecule has 0 saturated heterocycles. The Kier molecular flexibility index (Phi) is 5.05. The molecule has 2 aromatic rings. The van der Waals surface area contributed by atoms with Crippen LogP contribution < -0.4 is 4.74 Å². The summed E-state index contributed by atoms with van der Waals surface area (Å²) in [4.78, 5) is 20.8. The van der Waals surface area contributed by atoms with E-state index >= 15 is 0 Å². The number of carbonyl (C=O) groups is 1. The summed E-state index contributed by atoms with van der Waals surface area (Å²) in [5.41, 5.74) is 1.61. The summed E-state index contributed by atoms with van der Waals surface area (Å²) in [6.45, 7) is 0.441. The van der Waals surface area contributed by atoms with E-state index in [1.54, 1.807) is 30.3 Å². The smallest absolute Gasteiger partial charge is 0.269 e. The molecular formula is C15H12BrNO4. The average Bonchev–Trinajstić information content (AvgIpc) is 2.49. The van der Waals surface area contributed by atoms with Gasteiger partial charge in [0.05, 0.1) is 16.0 Å². The Balaban J connectivity index is 1.92. The van der Waals surface area contributed by atoms with Crippen molar-refractivity contribution in [2.75, 3.05) is 6.61 Å². The van der Waals surface area contributed by atoms with Crippen LogP contribution in [-0.4, -0.2) is 17.8 Å². The molecule has 0 radical (unpaired) electrons. The van der Waals surface area contributed by atoms with Gasteiger partial charge in [0.15, 0.2) is 0 Å². The lowest BCUT2D eigenvalue weighted by Gasteiger charge is -2.08. The van der Waals surface area contributed by atoms with E-state index in [0.717, 1.165) is 16.3 Å². The Morgan fingerprint density at radius 1 is 1.19 bits per heavy atom. The largest absolute Gasteiger partial charge is 0.492 e. The van der Waals surface area contributed by atoms with E-state index in [1.807, 2.05) is 0 Å². The van der Waals surface area contributed by atoms with Gasteiger partial charge in [0.1, 0.15) is 12.0 Å². The van der Waals surface area contributed by atoms with E-state index in [-0.39, 0.29) is 5.69 Å². The van der Waals surface area contributed by atoms with Crippen LogP contribution in [0.25, 0.3) is 0 Å². The van der Waals surface area contributed by atoms with Gasteiger partial charge in [-0.2, -0.15) is 0 Å². The second kappa shape index (κ2) is 6.99. The minimum atomic E-state index is -0.425. The number of ether oxygens (including phenoxy) is 1. The van der Waals surface area contributed by atoms with E-state index in [2.05, 4.69) is 15.9 Å². The predicted molar refractivity (Wildman–Crippen MR) is 81.8 cm³/mol. The zero-order valence-corrected chi connectivity index (χ0v) is 12.6. The van der Waals surface area contributed by atoms with Crippen molar-refractivity contribution in [2.45, 2.75) is 6.42 Å². The highest BCUT2D eigenvalue weighted by Gasteiger charge is 2.05. The standard InChI is InChI=1S/C15H12BrNO4/c16-14-9-12(10-18)3-6-15(14)21-8-7-11-1-4-13(5-2-11)17(19)20/h1-6,9-10H,7-8H2. The molecule has 0 heterocycles. The first-order valence-corrected chi connectivity index (χ1v) is 7.00. The Morgan fingerprint density at radius 2 is 1.90 bits per heavy atom. The number of nitro benzene ring substituents is 1. The van der Waals surface area contributed by atoms with Crippen LogP contribution in [0.4, 0.5) is 5.69 Å². The summed E-state index contributed by atoms with van der Waals surface area (Å²) >= 11 is 3.34. The zero-order valence-electron chi connectivity index (χ0n) is 11.0. The fraction of sp³-hybridized carbons (Fsp3) is 0.133. The molecule has 6 heteroatoms. The van der Waals surface area contributed by atoms with Gasteiger partial charge in [0, 0.05) is 24.1 Å². The predicted octanol–water partition coefficient (Wildman–Crippen LogP) is 3.79. The number of non-ortho nitro benzene ring substituents is 1. The van der Waals surface area contributed by atoms with Crippen LogP contribution in [0.15, 0.2) is 46.9 Å². The molecule has 108 valence electrons. The molecule has 0 saturated carbocycles. The van der Waals surface area contributed by atoms with Crippen LogP contribution in [0.5, 0.6) is 5.75 Å². The number of carbonyl (C=O) groups excluding carboxylic acids is 1. The first-order chi connectivity index (χ1) is 10.1. The third kappa shape index (κ3) is 4.13. The normalized spacial score (nSPS) is 10.1. The Morgan fingerprint density at radius 3 is 2.48 bits per heavy atom.